The van der Waals surface area contributed by atoms with E-state index in [-0.39, 0.29) is 11.1 Å². The second kappa shape index (κ2) is 7.45. The fourth-order valence-corrected chi connectivity index (χ4v) is 4.61. The van der Waals surface area contributed by atoms with Gasteiger partial charge in [-0.15, -0.1) is 0 Å². The van der Waals surface area contributed by atoms with E-state index in [2.05, 4.69) is 0 Å². The second-order valence-electron chi connectivity index (χ2n) is 8.11. The molecule has 6 aromatic rings. The Labute approximate surface area is 190 Å². The summed E-state index contributed by atoms with van der Waals surface area (Å²) in [4.78, 5) is 0. The normalized spacial score (nSPS) is 11.9. The molecule has 0 bridgehead atoms. The topological polar surface area (TPSA) is 9.86 Å². The molecule has 0 unspecified atom stereocenters. The van der Waals surface area contributed by atoms with Gasteiger partial charge in [-0.3, -0.25) is 0 Å². The van der Waals surface area contributed by atoms with Crippen molar-refractivity contribution >= 4 is 21.8 Å². The van der Waals surface area contributed by atoms with Gasteiger partial charge in [0.15, 0.2) is 0 Å². The Morgan fingerprint density at radius 1 is 0.455 bits per heavy atom. The molecule has 6 rings (SSSR count). The molecule has 33 heavy (non-hydrogen) atoms. The number of hydrogen-bond donors (Lipinski definition) is 0. The van der Waals surface area contributed by atoms with E-state index in [0.29, 0.717) is 10.8 Å². The summed E-state index contributed by atoms with van der Waals surface area (Å²) < 4.78 is 36.4. The Morgan fingerprint density at radius 3 is 1.24 bits per heavy atom. The lowest BCUT2D eigenvalue weighted by molar-refractivity contribution is 0.0459. The first-order chi connectivity index (χ1) is 16.1. The molecule has 0 spiro atoms. The molecule has 0 aliphatic heterocycles. The first-order valence-electron chi connectivity index (χ1n) is 10.8. The Balaban J connectivity index is 1.61. The minimum Gasteiger partial charge on any atom is -0.316 e. The van der Waals surface area contributed by atoms with Crippen LogP contribution in [0.1, 0.15) is 11.1 Å². The highest BCUT2D eigenvalue weighted by molar-refractivity contribution is 5.90. The molecule has 0 N–H and O–H groups in total. The van der Waals surface area contributed by atoms with Crippen molar-refractivity contribution in [2.24, 2.45) is 0 Å². The van der Waals surface area contributed by atoms with E-state index in [1.54, 1.807) is 24.5 Å². The summed E-state index contributed by atoms with van der Waals surface area (Å²) >= 11 is 0. The van der Waals surface area contributed by atoms with Crippen molar-refractivity contribution in [1.29, 1.82) is 0 Å². The number of nitrogens with zero attached hydrogens (tertiary/aromatic N) is 2. The summed E-state index contributed by atoms with van der Waals surface area (Å²) in [6.45, 7) is 0. The fourth-order valence-electron chi connectivity index (χ4n) is 4.61. The van der Waals surface area contributed by atoms with Crippen LogP contribution in [0.5, 0.6) is 0 Å². The van der Waals surface area contributed by atoms with Gasteiger partial charge in [0.1, 0.15) is 0 Å². The van der Waals surface area contributed by atoms with Gasteiger partial charge in [0.25, 0.3) is 0 Å². The van der Waals surface area contributed by atoms with Crippen LogP contribution in [0, 0.1) is 0 Å². The number of hydrogen-bond acceptors (Lipinski definition) is 0. The molecule has 160 valence electrons. The number of benzene rings is 4. The number of halogens is 2. The average Bonchev–Trinajstić information content (AvgIpc) is 3.46. The van der Waals surface area contributed by atoms with Gasteiger partial charge in [0, 0.05) is 34.5 Å². The molecule has 0 saturated heterocycles. The first-order valence-corrected chi connectivity index (χ1v) is 10.8. The van der Waals surface area contributed by atoms with Gasteiger partial charge in [-0.2, -0.15) is 8.78 Å². The maximum atomic E-state index is 16.4. The van der Waals surface area contributed by atoms with Crippen molar-refractivity contribution in [2.75, 3.05) is 0 Å². The Kier molecular flexibility index (Phi) is 4.40. The lowest BCUT2D eigenvalue weighted by atomic mass is 9.99. The standard InChI is InChI=1S/C29H20F2N2/c30-29(31,25-19-32(21-11-3-1-4-12-21)27-17-9-7-15-23(25)27)26-20-33(22-13-5-2-6-14-22)28-18-10-8-16-24(26)28/h1-20H. The van der Waals surface area contributed by atoms with E-state index in [0.717, 1.165) is 22.4 Å². The van der Waals surface area contributed by atoms with E-state index in [1.165, 1.54) is 0 Å². The quantitative estimate of drug-likeness (QED) is 0.269. The molecular weight excluding hydrogens is 414 g/mol. The molecule has 4 heteroatoms. The molecule has 0 aliphatic carbocycles. The smallest absolute Gasteiger partial charge is 0.302 e. The summed E-state index contributed by atoms with van der Waals surface area (Å²) in [7, 11) is 0. The summed E-state index contributed by atoms with van der Waals surface area (Å²) in [5, 5.41) is 1.09. The van der Waals surface area contributed by atoms with Gasteiger partial charge >= 0.3 is 5.92 Å². The number of para-hydroxylation sites is 4. The monoisotopic (exact) mass is 434 g/mol. The third kappa shape index (κ3) is 3.06. The lowest BCUT2D eigenvalue weighted by Gasteiger charge is -2.15. The molecule has 0 radical (unpaired) electrons. The van der Waals surface area contributed by atoms with Gasteiger partial charge in [0.2, 0.25) is 0 Å². The first kappa shape index (κ1) is 19.5. The zero-order valence-electron chi connectivity index (χ0n) is 17.7. The Bertz CT molecular complexity index is 1460. The van der Waals surface area contributed by atoms with Crippen LogP contribution < -0.4 is 0 Å². The number of alkyl halides is 2. The predicted molar refractivity (Wildman–Crippen MR) is 130 cm³/mol. The van der Waals surface area contributed by atoms with Crippen molar-refractivity contribution in [2.45, 2.75) is 5.92 Å². The minimum atomic E-state index is -3.20. The van der Waals surface area contributed by atoms with E-state index in [9.17, 15) is 0 Å². The van der Waals surface area contributed by atoms with Crippen LogP contribution in [0.4, 0.5) is 8.78 Å². The van der Waals surface area contributed by atoms with Crippen LogP contribution >= 0.6 is 0 Å². The highest BCUT2D eigenvalue weighted by Crippen LogP contribution is 2.44. The van der Waals surface area contributed by atoms with E-state index in [4.69, 9.17) is 0 Å². The van der Waals surface area contributed by atoms with Gasteiger partial charge in [-0.25, -0.2) is 0 Å². The Morgan fingerprint density at radius 2 is 0.818 bits per heavy atom. The molecule has 2 aromatic heterocycles. The zero-order valence-corrected chi connectivity index (χ0v) is 17.7. The SMILES string of the molecule is FC(F)(c1cn(-c2ccccc2)c2ccccc12)c1cn(-c2ccccc2)c2ccccc12. The Hall–Kier alpha value is -4.18. The van der Waals surface area contributed by atoms with Crippen LogP contribution in [0.25, 0.3) is 33.2 Å². The van der Waals surface area contributed by atoms with Crippen LogP contribution in [0.2, 0.25) is 0 Å². The van der Waals surface area contributed by atoms with Crippen molar-refractivity contribution < 1.29 is 8.78 Å². The van der Waals surface area contributed by atoms with Gasteiger partial charge in [-0.05, 0) is 36.4 Å². The molecule has 2 nitrogen and oxygen atoms in total. The van der Waals surface area contributed by atoms with E-state index < -0.39 is 5.92 Å². The maximum Gasteiger partial charge on any atom is 0.302 e. The summed E-state index contributed by atoms with van der Waals surface area (Å²) in [5.74, 6) is -3.20. The van der Waals surface area contributed by atoms with Gasteiger partial charge in [-0.1, -0.05) is 72.8 Å². The second-order valence-corrected chi connectivity index (χ2v) is 8.11. The van der Waals surface area contributed by atoms with Crippen molar-refractivity contribution in [3.05, 3.63) is 133 Å². The molecule has 4 aromatic carbocycles. The molecule has 0 amide bonds. The van der Waals surface area contributed by atoms with Gasteiger partial charge < -0.3 is 9.13 Å². The van der Waals surface area contributed by atoms with Crippen LogP contribution in [-0.2, 0) is 5.92 Å². The van der Waals surface area contributed by atoms with E-state index in [1.807, 2.05) is 106 Å². The van der Waals surface area contributed by atoms with Crippen molar-refractivity contribution in [3.8, 4) is 11.4 Å². The number of aromatic nitrogens is 2. The summed E-state index contributed by atoms with van der Waals surface area (Å²) in [5.41, 5.74) is 3.20. The predicted octanol–water partition coefficient (Wildman–Crippen LogP) is 7.71. The summed E-state index contributed by atoms with van der Waals surface area (Å²) in [6.07, 6.45) is 3.16. The van der Waals surface area contributed by atoms with E-state index >= 15 is 8.78 Å². The number of rotatable bonds is 4. The molecule has 0 atom stereocenters. The molecule has 0 fully saturated rings. The molecular formula is C29H20F2N2. The number of fused-ring (bicyclic) bond motifs is 2. The van der Waals surface area contributed by atoms with Gasteiger partial charge in [0.05, 0.1) is 22.2 Å². The van der Waals surface area contributed by atoms with Crippen LogP contribution in [0.3, 0.4) is 0 Å². The summed E-state index contributed by atoms with van der Waals surface area (Å²) in [6, 6.07) is 33.9. The fraction of sp³-hybridized carbons (Fsp3) is 0.0345. The minimum absolute atomic E-state index is 0.00193. The lowest BCUT2D eigenvalue weighted by Crippen LogP contribution is -2.14. The molecule has 2 heterocycles. The van der Waals surface area contributed by atoms with Crippen LogP contribution in [0.15, 0.2) is 122 Å². The zero-order chi connectivity index (χ0) is 22.4. The highest BCUT2D eigenvalue weighted by Gasteiger charge is 2.40. The van der Waals surface area contributed by atoms with Crippen LogP contribution in [-0.4, -0.2) is 9.13 Å². The largest absolute Gasteiger partial charge is 0.316 e. The molecule has 0 aliphatic rings. The molecule has 0 saturated carbocycles. The van der Waals surface area contributed by atoms with Crippen molar-refractivity contribution in [3.63, 3.8) is 0 Å². The highest BCUT2D eigenvalue weighted by atomic mass is 19.3. The third-order valence-corrected chi connectivity index (χ3v) is 6.17. The third-order valence-electron chi connectivity index (χ3n) is 6.17. The average molecular weight is 434 g/mol. The van der Waals surface area contributed by atoms with Crippen molar-refractivity contribution in [1.82, 2.24) is 9.13 Å². The maximum absolute atomic E-state index is 16.4.